The van der Waals surface area contributed by atoms with Crippen molar-refractivity contribution in [3.63, 3.8) is 0 Å². The number of carbonyl (C=O) groups excluding carboxylic acids is 1. The van der Waals surface area contributed by atoms with Gasteiger partial charge in [-0.25, -0.2) is 9.97 Å². The van der Waals surface area contributed by atoms with Gasteiger partial charge in [-0.05, 0) is 56.7 Å². The predicted octanol–water partition coefficient (Wildman–Crippen LogP) is 5.39. The van der Waals surface area contributed by atoms with E-state index in [4.69, 9.17) is 4.74 Å². The lowest BCUT2D eigenvalue weighted by Crippen LogP contribution is -2.27. The molecule has 0 radical (unpaired) electrons. The van der Waals surface area contributed by atoms with Crippen LogP contribution in [0, 0.1) is 13.8 Å². The molecule has 5 aromatic rings. The lowest BCUT2D eigenvalue weighted by Gasteiger charge is -2.09. The number of amides is 1. The molecule has 172 valence electrons. The fourth-order valence-electron chi connectivity index (χ4n) is 3.96. The van der Waals surface area contributed by atoms with Gasteiger partial charge in [0.25, 0.3) is 5.56 Å². The van der Waals surface area contributed by atoms with E-state index in [1.807, 2.05) is 63.2 Å². The summed E-state index contributed by atoms with van der Waals surface area (Å²) in [5, 5.41) is 4.38. The Kier molecular flexibility index (Phi) is 5.89. The number of hydrogen-bond acceptors (Lipinski definition) is 7. The summed E-state index contributed by atoms with van der Waals surface area (Å²) < 4.78 is 7.90. The van der Waals surface area contributed by atoms with Crippen LogP contribution in [0.3, 0.4) is 0 Å². The SMILES string of the molecule is CCOc1ccc(-c2c(C)sc3ncn(CC(=O)Nc4ccc5nc(C)sc5c4)c(=O)c23)cc1. The molecule has 1 amide bonds. The maximum absolute atomic E-state index is 13.4. The van der Waals surface area contributed by atoms with E-state index in [-0.39, 0.29) is 18.0 Å². The first kappa shape index (κ1) is 22.2. The minimum absolute atomic E-state index is 0.126. The second-order valence-electron chi connectivity index (χ2n) is 7.81. The first-order valence-corrected chi connectivity index (χ1v) is 12.4. The normalized spacial score (nSPS) is 11.3. The number of nitrogens with zero attached hydrogens (tertiary/aromatic N) is 3. The number of thiazole rings is 1. The lowest BCUT2D eigenvalue weighted by molar-refractivity contribution is -0.116. The highest BCUT2D eigenvalue weighted by Gasteiger charge is 2.18. The Morgan fingerprint density at radius 2 is 1.91 bits per heavy atom. The maximum atomic E-state index is 13.4. The van der Waals surface area contributed by atoms with Crippen LogP contribution in [-0.4, -0.2) is 27.0 Å². The number of aryl methyl sites for hydroxylation is 2. The molecular weight excluding hydrogens is 468 g/mol. The van der Waals surface area contributed by atoms with E-state index in [0.717, 1.165) is 37.0 Å². The van der Waals surface area contributed by atoms with Gasteiger partial charge in [-0.15, -0.1) is 22.7 Å². The number of aromatic nitrogens is 3. The average Bonchev–Trinajstić information content (AvgIpc) is 3.35. The summed E-state index contributed by atoms with van der Waals surface area (Å²) >= 11 is 3.05. The summed E-state index contributed by atoms with van der Waals surface area (Å²) in [7, 11) is 0. The smallest absolute Gasteiger partial charge is 0.263 e. The topological polar surface area (TPSA) is 86.1 Å². The van der Waals surface area contributed by atoms with Gasteiger partial charge in [0.2, 0.25) is 5.91 Å². The number of fused-ring (bicyclic) bond motifs is 2. The van der Waals surface area contributed by atoms with Crippen molar-refractivity contribution in [1.82, 2.24) is 14.5 Å². The highest BCUT2D eigenvalue weighted by molar-refractivity contribution is 7.19. The molecule has 0 saturated carbocycles. The Bertz CT molecular complexity index is 1580. The molecule has 34 heavy (non-hydrogen) atoms. The molecule has 0 bridgehead atoms. The molecule has 0 atom stereocenters. The predicted molar refractivity (Wildman–Crippen MR) is 138 cm³/mol. The molecule has 0 spiro atoms. The zero-order valence-corrected chi connectivity index (χ0v) is 20.5. The van der Waals surface area contributed by atoms with Crippen LogP contribution in [0.4, 0.5) is 5.69 Å². The first-order valence-electron chi connectivity index (χ1n) is 10.8. The van der Waals surface area contributed by atoms with Crippen molar-refractivity contribution in [2.75, 3.05) is 11.9 Å². The number of thiophene rings is 1. The molecule has 2 aromatic carbocycles. The van der Waals surface area contributed by atoms with Gasteiger partial charge in [0.1, 0.15) is 17.1 Å². The molecule has 1 N–H and O–H groups in total. The number of ether oxygens (including phenoxy) is 1. The fraction of sp³-hybridized carbons (Fsp3) is 0.200. The third-order valence-corrected chi connectivity index (χ3v) is 7.35. The molecule has 3 aromatic heterocycles. The van der Waals surface area contributed by atoms with E-state index in [9.17, 15) is 9.59 Å². The van der Waals surface area contributed by atoms with Gasteiger partial charge in [0, 0.05) is 16.1 Å². The highest BCUT2D eigenvalue weighted by atomic mass is 32.1. The van der Waals surface area contributed by atoms with Gasteiger partial charge < -0.3 is 10.1 Å². The second kappa shape index (κ2) is 9.00. The third kappa shape index (κ3) is 4.20. The van der Waals surface area contributed by atoms with Crippen molar-refractivity contribution in [3.05, 3.63) is 69.0 Å². The Hall–Kier alpha value is -3.56. The quantitative estimate of drug-likeness (QED) is 0.345. The summed E-state index contributed by atoms with van der Waals surface area (Å²) in [5.41, 5.74) is 3.11. The molecule has 0 aliphatic carbocycles. The standard InChI is InChI=1S/C25H22N4O3S2/c1-4-32-18-8-5-16(6-9-18)22-14(2)33-24-23(22)25(31)29(13-26-24)12-21(30)28-17-7-10-19-20(11-17)34-15(3)27-19/h5-11,13H,4,12H2,1-3H3,(H,28,30). The second-order valence-corrected chi connectivity index (χ2v) is 10.2. The van der Waals surface area contributed by atoms with Gasteiger partial charge in [-0.2, -0.15) is 0 Å². The van der Waals surface area contributed by atoms with Crippen molar-refractivity contribution in [2.24, 2.45) is 0 Å². The molecule has 0 saturated heterocycles. The lowest BCUT2D eigenvalue weighted by atomic mass is 10.0. The van der Waals surface area contributed by atoms with Crippen LogP contribution in [0.25, 0.3) is 31.6 Å². The summed E-state index contributed by atoms with van der Waals surface area (Å²) in [6.07, 6.45) is 1.44. The van der Waals surface area contributed by atoms with E-state index in [2.05, 4.69) is 15.3 Å². The number of benzene rings is 2. The van der Waals surface area contributed by atoms with Gasteiger partial charge in [-0.3, -0.25) is 14.2 Å². The molecule has 0 aliphatic heterocycles. The van der Waals surface area contributed by atoms with E-state index in [1.54, 1.807) is 11.3 Å². The number of carbonyl (C=O) groups is 1. The average molecular weight is 491 g/mol. The van der Waals surface area contributed by atoms with Crippen LogP contribution in [-0.2, 0) is 11.3 Å². The van der Waals surface area contributed by atoms with E-state index in [0.29, 0.717) is 22.5 Å². The van der Waals surface area contributed by atoms with Crippen LogP contribution < -0.4 is 15.6 Å². The summed E-state index contributed by atoms with van der Waals surface area (Å²) in [6.45, 7) is 6.33. The van der Waals surface area contributed by atoms with Crippen molar-refractivity contribution in [3.8, 4) is 16.9 Å². The van der Waals surface area contributed by atoms with Crippen LogP contribution in [0.15, 0.2) is 53.6 Å². The van der Waals surface area contributed by atoms with E-state index < -0.39 is 0 Å². The zero-order valence-electron chi connectivity index (χ0n) is 18.9. The molecule has 0 aliphatic rings. The largest absolute Gasteiger partial charge is 0.494 e. The molecule has 9 heteroatoms. The summed E-state index contributed by atoms with van der Waals surface area (Å²) in [6, 6.07) is 13.3. The Morgan fingerprint density at radius 3 is 2.68 bits per heavy atom. The van der Waals surface area contributed by atoms with Gasteiger partial charge in [-0.1, -0.05) is 12.1 Å². The molecule has 0 unspecified atom stereocenters. The van der Waals surface area contributed by atoms with E-state index >= 15 is 0 Å². The number of rotatable bonds is 6. The molecule has 5 rings (SSSR count). The van der Waals surface area contributed by atoms with Crippen molar-refractivity contribution in [1.29, 1.82) is 0 Å². The number of anilines is 1. The number of nitrogens with one attached hydrogen (secondary N) is 1. The molecule has 3 heterocycles. The van der Waals surface area contributed by atoms with Crippen molar-refractivity contribution < 1.29 is 9.53 Å². The summed E-state index contributed by atoms with van der Waals surface area (Å²) in [5.74, 6) is 0.487. The van der Waals surface area contributed by atoms with Gasteiger partial charge >= 0.3 is 0 Å². The molecule has 0 fully saturated rings. The van der Waals surface area contributed by atoms with Gasteiger partial charge in [0.05, 0.1) is 33.5 Å². The highest BCUT2D eigenvalue weighted by Crippen LogP contribution is 2.36. The monoisotopic (exact) mass is 490 g/mol. The Labute approximate surface area is 203 Å². The Balaban J connectivity index is 1.44. The van der Waals surface area contributed by atoms with Crippen LogP contribution in [0.2, 0.25) is 0 Å². The first-order chi connectivity index (χ1) is 16.4. The van der Waals surface area contributed by atoms with Crippen molar-refractivity contribution in [2.45, 2.75) is 27.3 Å². The summed E-state index contributed by atoms with van der Waals surface area (Å²) in [4.78, 5) is 36.7. The molecule has 7 nitrogen and oxygen atoms in total. The van der Waals surface area contributed by atoms with Crippen LogP contribution in [0.5, 0.6) is 5.75 Å². The molecular formula is C25H22N4O3S2. The maximum Gasteiger partial charge on any atom is 0.263 e. The number of hydrogen-bond donors (Lipinski definition) is 1. The Morgan fingerprint density at radius 1 is 1.12 bits per heavy atom. The minimum atomic E-state index is -0.293. The van der Waals surface area contributed by atoms with Crippen molar-refractivity contribution >= 4 is 54.7 Å². The van der Waals surface area contributed by atoms with Crippen LogP contribution >= 0.6 is 22.7 Å². The van der Waals surface area contributed by atoms with E-state index in [1.165, 1.54) is 22.2 Å². The van der Waals surface area contributed by atoms with Crippen LogP contribution in [0.1, 0.15) is 16.8 Å². The zero-order chi connectivity index (χ0) is 23.8. The fourth-order valence-corrected chi connectivity index (χ4v) is 5.82. The van der Waals surface area contributed by atoms with Gasteiger partial charge in [0.15, 0.2) is 0 Å². The minimum Gasteiger partial charge on any atom is -0.494 e. The third-order valence-electron chi connectivity index (χ3n) is 5.40.